The Hall–Kier alpha value is -3.44. The number of carbonyl (C=O) groups excluding carboxylic acids is 2. The molecular weight excluding hydrogens is 386 g/mol. The lowest BCUT2D eigenvalue weighted by Crippen LogP contribution is -2.46. The molecule has 0 radical (unpaired) electrons. The first-order chi connectivity index (χ1) is 15.1. The molecule has 2 aliphatic rings. The van der Waals surface area contributed by atoms with E-state index in [2.05, 4.69) is 34.5 Å². The maximum absolute atomic E-state index is 13.9. The van der Waals surface area contributed by atoms with Gasteiger partial charge >= 0.3 is 6.03 Å². The summed E-state index contributed by atoms with van der Waals surface area (Å²) in [5.74, 6) is -0.243. The molecule has 3 aromatic carbocycles. The second-order valence-electron chi connectivity index (χ2n) is 8.30. The van der Waals surface area contributed by atoms with Gasteiger partial charge in [-0.3, -0.25) is 9.69 Å². The molecule has 31 heavy (non-hydrogen) atoms. The first-order valence-electron chi connectivity index (χ1n) is 10.6. The summed E-state index contributed by atoms with van der Waals surface area (Å²) in [7, 11) is 1.98. The second kappa shape index (κ2) is 7.67. The fourth-order valence-electron chi connectivity index (χ4n) is 4.95. The first kappa shape index (κ1) is 19.5. The number of nitrogens with zero attached hydrogens (tertiary/aromatic N) is 2. The molecule has 1 fully saturated rings. The van der Waals surface area contributed by atoms with Gasteiger partial charge in [0.15, 0.2) is 5.54 Å². The summed E-state index contributed by atoms with van der Waals surface area (Å²) in [6, 6.07) is 27.2. The number of nitrogens with one attached hydrogen (secondary N) is 1. The zero-order valence-corrected chi connectivity index (χ0v) is 17.5. The Balaban J connectivity index is 1.48. The van der Waals surface area contributed by atoms with Crippen molar-refractivity contribution in [1.82, 2.24) is 15.1 Å². The Bertz CT molecular complexity index is 1070. The van der Waals surface area contributed by atoms with Crippen molar-refractivity contribution >= 4 is 11.9 Å². The third-order valence-corrected chi connectivity index (χ3v) is 6.52. The highest BCUT2D eigenvalue weighted by atomic mass is 16.2. The standard InChI is InChI=1S/C26H25N3O2/c1-28(23-17-16-19-10-8-9-15-22(19)23)18-29-24(30)26(27-25(29)31,20-11-4-2-5-12-20)21-13-6-3-7-14-21/h2-15,23H,16-18H2,1H3,(H,27,31)/t23-/m1/s1. The summed E-state index contributed by atoms with van der Waals surface area (Å²) >= 11 is 0. The Morgan fingerprint density at radius 3 is 2.13 bits per heavy atom. The van der Waals surface area contributed by atoms with Crippen molar-refractivity contribution in [3.8, 4) is 0 Å². The van der Waals surface area contributed by atoms with Crippen LogP contribution in [-0.2, 0) is 16.8 Å². The fourth-order valence-corrected chi connectivity index (χ4v) is 4.95. The van der Waals surface area contributed by atoms with Gasteiger partial charge in [-0.15, -0.1) is 0 Å². The van der Waals surface area contributed by atoms with Crippen LogP contribution in [0.3, 0.4) is 0 Å². The number of amides is 3. The van der Waals surface area contributed by atoms with Crippen LogP contribution in [0.2, 0.25) is 0 Å². The van der Waals surface area contributed by atoms with Crippen LogP contribution in [0.15, 0.2) is 84.9 Å². The van der Waals surface area contributed by atoms with Crippen molar-refractivity contribution in [2.75, 3.05) is 13.7 Å². The van der Waals surface area contributed by atoms with E-state index in [1.807, 2.05) is 67.7 Å². The zero-order chi connectivity index (χ0) is 21.4. The monoisotopic (exact) mass is 411 g/mol. The number of benzene rings is 3. The normalized spacial score (nSPS) is 19.5. The molecule has 3 aromatic rings. The minimum absolute atomic E-state index is 0.195. The van der Waals surface area contributed by atoms with Crippen LogP contribution < -0.4 is 5.32 Å². The molecular formula is C26H25N3O2. The molecule has 0 unspecified atom stereocenters. The first-order valence-corrected chi connectivity index (χ1v) is 10.6. The van der Waals surface area contributed by atoms with Crippen LogP contribution >= 0.6 is 0 Å². The van der Waals surface area contributed by atoms with Crippen LogP contribution in [0.25, 0.3) is 0 Å². The van der Waals surface area contributed by atoms with Crippen LogP contribution in [0, 0.1) is 0 Å². The lowest BCUT2D eigenvalue weighted by Gasteiger charge is -2.30. The Kier molecular flexibility index (Phi) is 4.83. The van der Waals surface area contributed by atoms with Gasteiger partial charge in [-0.2, -0.15) is 0 Å². The van der Waals surface area contributed by atoms with E-state index in [-0.39, 0.29) is 24.6 Å². The maximum atomic E-state index is 13.9. The largest absolute Gasteiger partial charge is 0.326 e. The number of fused-ring (bicyclic) bond motifs is 1. The number of urea groups is 1. The minimum atomic E-state index is -1.21. The highest BCUT2D eigenvalue weighted by Gasteiger charge is 2.54. The van der Waals surface area contributed by atoms with Crippen LogP contribution in [0.5, 0.6) is 0 Å². The average Bonchev–Trinajstić information content (AvgIpc) is 3.35. The quantitative estimate of drug-likeness (QED) is 0.644. The molecule has 0 saturated carbocycles. The topological polar surface area (TPSA) is 52.6 Å². The number of carbonyl (C=O) groups is 2. The second-order valence-corrected chi connectivity index (χ2v) is 8.30. The van der Waals surface area contributed by atoms with Crippen LogP contribution in [0.4, 0.5) is 4.79 Å². The van der Waals surface area contributed by atoms with E-state index in [0.717, 1.165) is 24.0 Å². The lowest BCUT2D eigenvalue weighted by atomic mass is 9.83. The predicted octanol–water partition coefficient (Wildman–Crippen LogP) is 4.06. The van der Waals surface area contributed by atoms with Crippen molar-refractivity contribution in [2.45, 2.75) is 24.4 Å². The van der Waals surface area contributed by atoms with Gasteiger partial charge in [0, 0.05) is 6.04 Å². The van der Waals surface area contributed by atoms with Gasteiger partial charge in [0.25, 0.3) is 5.91 Å². The van der Waals surface area contributed by atoms with E-state index in [0.29, 0.717) is 0 Å². The zero-order valence-electron chi connectivity index (χ0n) is 17.5. The van der Waals surface area contributed by atoms with Crippen LogP contribution in [0.1, 0.15) is 34.7 Å². The van der Waals surface area contributed by atoms with Gasteiger partial charge in [0.05, 0.1) is 6.67 Å². The Labute approximate surface area is 182 Å². The summed E-state index contributed by atoms with van der Waals surface area (Å²) in [4.78, 5) is 30.4. The molecule has 0 spiro atoms. The Morgan fingerprint density at radius 2 is 1.48 bits per heavy atom. The molecule has 1 aliphatic carbocycles. The van der Waals surface area contributed by atoms with Crippen molar-refractivity contribution in [3.63, 3.8) is 0 Å². The van der Waals surface area contributed by atoms with Gasteiger partial charge in [-0.05, 0) is 42.1 Å². The molecule has 5 rings (SSSR count). The summed E-state index contributed by atoms with van der Waals surface area (Å²) in [5, 5.41) is 3.03. The van der Waals surface area contributed by atoms with Gasteiger partial charge in [0.1, 0.15) is 0 Å². The van der Waals surface area contributed by atoms with E-state index in [4.69, 9.17) is 0 Å². The molecule has 1 saturated heterocycles. The third kappa shape index (κ3) is 3.13. The van der Waals surface area contributed by atoms with Gasteiger partial charge < -0.3 is 5.32 Å². The van der Waals surface area contributed by atoms with E-state index >= 15 is 0 Å². The maximum Gasteiger partial charge on any atom is 0.326 e. The van der Waals surface area contributed by atoms with Crippen molar-refractivity contribution in [2.24, 2.45) is 0 Å². The van der Waals surface area contributed by atoms with Gasteiger partial charge in [-0.1, -0.05) is 84.9 Å². The molecule has 1 aliphatic heterocycles. The highest BCUT2D eigenvalue weighted by molar-refractivity contribution is 6.09. The number of hydrogen-bond donors (Lipinski definition) is 1. The molecule has 156 valence electrons. The summed E-state index contributed by atoms with van der Waals surface area (Å²) < 4.78 is 0. The molecule has 1 heterocycles. The minimum Gasteiger partial charge on any atom is -0.315 e. The van der Waals surface area contributed by atoms with Crippen molar-refractivity contribution < 1.29 is 9.59 Å². The van der Waals surface area contributed by atoms with E-state index < -0.39 is 5.54 Å². The molecule has 0 aromatic heterocycles. The predicted molar refractivity (Wildman–Crippen MR) is 119 cm³/mol. The van der Waals surface area contributed by atoms with E-state index in [1.165, 1.54) is 16.0 Å². The lowest BCUT2D eigenvalue weighted by molar-refractivity contribution is -0.131. The van der Waals surface area contributed by atoms with E-state index in [1.54, 1.807) is 0 Å². The number of aryl methyl sites for hydroxylation is 1. The molecule has 5 heteroatoms. The summed E-state index contributed by atoms with van der Waals surface area (Å²) in [6.07, 6.45) is 2.01. The van der Waals surface area contributed by atoms with E-state index in [9.17, 15) is 9.59 Å². The molecule has 3 amide bonds. The van der Waals surface area contributed by atoms with Gasteiger partial charge in [-0.25, -0.2) is 9.69 Å². The molecule has 5 nitrogen and oxygen atoms in total. The molecule has 1 atom stereocenters. The number of rotatable bonds is 5. The molecule has 0 bridgehead atoms. The third-order valence-electron chi connectivity index (χ3n) is 6.52. The van der Waals surface area contributed by atoms with Gasteiger partial charge in [0.2, 0.25) is 0 Å². The van der Waals surface area contributed by atoms with Crippen molar-refractivity contribution in [3.05, 3.63) is 107 Å². The SMILES string of the molecule is CN(CN1C(=O)NC(c2ccccc2)(c2ccccc2)C1=O)[C@@H]1CCc2ccccc21. The smallest absolute Gasteiger partial charge is 0.315 e. The number of imide groups is 1. The fraction of sp³-hybridized carbons (Fsp3) is 0.231. The highest BCUT2D eigenvalue weighted by Crippen LogP contribution is 2.38. The Morgan fingerprint density at radius 1 is 0.903 bits per heavy atom. The summed E-state index contributed by atoms with van der Waals surface area (Å²) in [6.45, 7) is 0.241. The van der Waals surface area contributed by atoms with Crippen molar-refractivity contribution in [1.29, 1.82) is 0 Å². The van der Waals surface area contributed by atoms with Crippen LogP contribution in [-0.4, -0.2) is 35.5 Å². The number of hydrogen-bond acceptors (Lipinski definition) is 3. The average molecular weight is 412 g/mol. The molecule has 1 N–H and O–H groups in total. The summed E-state index contributed by atoms with van der Waals surface area (Å²) in [5.41, 5.74) is 2.94.